The molecule has 1 atom stereocenters. The van der Waals surface area contributed by atoms with E-state index in [9.17, 15) is 4.79 Å². The van der Waals surface area contributed by atoms with Gasteiger partial charge in [-0.25, -0.2) is 4.79 Å². The molecule has 1 amide bonds. The summed E-state index contributed by atoms with van der Waals surface area (Å²) >= 11 is 0. The standard InChI is InChI=1S/C9H19N3O2/c1-2-14-9(13)12-4-3-8-7-10-5-6-11-8/h8,10-11H,2-7H2,1H3,(H,12,13). The number of alkyl carbamates (subject to hydrolysis) is 1. The average Bonchev–Trinajstić information content (AvgIpc) is 2.20. The topological polar surface area (TPSA) is 62.4 Å². The van der Waals surface area contributed by atoms with Crippen LogP contribution in [-0.4, -0.2) is 44.9 Å². The van der Waals surface area contributed by atoms with E-state index in [0.717, 1.165) is 26.1 Å². The van der Waals surface area contributed by atoms with E-state index in [1.165, 1.54) is 0 Å². The van der Waals surface area contributed by atoms with Crippen LogP contribution in [0.25, 0.3) is 0 Å². The fourth-order valence-corrected chi connectivity index (χ4v) is 1.45. The number of carbonyl (C=O) groups excluding carboxylic acids is 1. The molecule has 0 aromatic carbocycles. The van der Waals surface area contributed by atoms with E-state index in [-0.39, 0.29) is 6.09 Å². The molecule has 0 aliphatic carbocycles. The third kappa shape index (κ3) is 4.43. The van der Waals surface area contributed by atoms with Crippen LogP contribution < -0.4 is 16.0 Å². The summed E-state index contributed by atoms with van der Waals surface area (Å²) in [6.45, 7) is 5.90. The highest BCUT2D eigenvalue weighted by atomic mass is 16.5. The zero-order valence-corrected chi connectivity index (χ0v) is 8.64. The van der Waals surface area contributed by atoms with Crippen molar-refractivity contribution >= 4 is 6.09 Å². The third-order valence-electron chi connectivity index (χ3n) is 2.16. The largest absolute Gasteiger partial charge is 0.450 e. The van der Waals surface area contributed by atoms with Gasteiger partial charge in [-0.1, -0.05) is 0 Å². The van der Waals surface area contributed by atoms with Gasteiger partial charge in [0.25, 0.3) is 0 Å². The van der Waals surface area contributed by atoms with Gasteiger partial charge in [-0.15, -0.1) is 0 Å². The molecule has 1 fully saturated rings. The summed E-state index contributed by atoms with van der Waals surface area (Å²) in [5.41, 5.74) is 0. The molecule has 0 bridgehead atoms. The highest BCUT2D eigenvalue weighted by molar-refractivity contribution is 5.66. The van der Waals surface area contributed by atoms with Crippen molar-refractivity contribution in [3.05, 3.63) is 0 Å². The van der Waals surface area contributed by atoms with E-state index in [1.54, 1.807) is 6.92 Å². The van der Waals surface area contributed by atoms with Gasteiger partial charge in [-0.3, -0.25) is 0 Å². The number of rotatable bonds is 4. The van der Waals surface area contributed by atoms with E-state index >= 15 is 0 Å². The lowest BCUT2D eigenvalue weighted by Crippen LogP contribution is -2.49. The van der Waals surface area contributed by atoms with E-state index < -0.39 is 0 Å². The van der Waals surface area contributed by atoms with Crippen molar-refractivity contribution in [2.45, 2.75) is 19.4 Å². The molecule has 5 heteroatoms. The summed E-state index contributed by atoms with van der Waals surface area (Å²) in [7, 11) is 0. The normalized spacial score (nSPS) is 21.6. The fourth-order valence-electron chi connectivity index (χ4n) is 1.45. The minimum Gasteiger partial charge on any atom is -0.450 e. The summed E-state index contributed by atoms with van der Waals surface area (Å²) in [5, 5.41) is 9.36. The molecule has 82 valence electrons. The second-order valence-corrected chi connectivity index (χ2v) is 3.29. The minimum absolute atomic E-state index is 0.323. The molecule has 3 N–H and O–H groups in total. The van der Waals surface area contributed by atoms with Crippen molar-refractivity contribution in [1.29, 1.82) is 0 Å². The Morgan fingerprint density at radius 2 is 2.43 bits per heavy atom. The second-order valence-electron chi connectivity index (χ2n) is 3.29. The molecule has 0 aromatic heterocycles. The van der Waals surface area contributed by atoms with E-state index in [1.807, 2.05) is 0 Å². The Balaban J connectivity index is 1.99. The Morgan fingerprint density at radius 3 is 3.07 bits per heavy atom. The molecular weight excluding hydrogens is 182 g/mol. The maximum absolute atomic E-state index is 10.9. The van der Waals surface area contributed by atoms with Gasteiger partial charge >= 0.3 is 6.09 Å². The van der Waals surface area contributed by atoms with Gasteiger partial charge < -0.3 is 20.7 Å². The maximum Gasteiger partial charge on any atom is 0.407 e. The highest BCUT2D eigenvalue weighted by Gasteiger charge is 2.11. The molecule has 1 aliphatic rings. The highest BCUT2D eigenvalue weighted by Crippen LogP contribution is 1.92. The van der Waals surface area contributed by atoms with Crippen molar-refractivity contribution in [3.8, 4) is 0 Å². The van der Waals surface area contributed by atoms with Gasteiger partial charge in [-0.05, 0) is 13.3 Å². The zero-order chi connectivity index (χ0) is 10.2. The lowest BCUT2D eigenvalue weighted by Gasteiger charge is -2.24. The minimum atomic E-state index is -0.323. The van der Waals surface area contributed by atoms with Crippen LogP contribution >= 0.6 is 0 Å². The molecule has 1 heterocycles. The summed E-state index contributed by atoms with van der Waals surface area (Å²) in [5.74, 6) is 0. The average molecular weight is 201 g/mol. The molecule has 1 unspecified atom stereocenters. The Kier molecular flexibility index (Phi) is 5.32. The molecule has 5 nitrogen and oxygen atoms in total. The van der Waals surface area contributed by atoms with Crippen molar-refractivity contribution in [1.82, 2.24) is 16.0 Å². The van der Waals surface area contributed by atoms with Crippen LogP contribution in [0.3, 0.4) is 0 Å². The summed E-state index contributed by atoms with van der Waals surface area (Å²) in [4.78, 5) is 10.9. The number of hydrogen-bond acceptors (Lipinski definition) is 4. The Morgan fingerprint density at radius 1 is 1.57 bits per heavy atom. The van der Waals surface area contributed by atoms with Gasteiger partial charge in [0.2, 0.25) is 0 Å². The number of amides is 1. The molecule has 14 heavy (non-hydrogen) atoms. The predicted octanol–water partition coefficient (Wildman–Crippen LogP) is -0.316. The first-order valence-electron chi connectivity index (χ1n) is 5.17. The van der Waals surface area contributed by atoms with Crippen LogP contribution in [0.5, 0.6) is 0 Å². The van der Waals surface area contributed by atoms with Gasteiger partial charge in [0.1, 0.15) is 0 Å². The maximum atomic E-state index is 10.9. The Bertz CT molecular complexity index is 169. The van der Waals surface area contributed by atoms with Crippen LogP contribution in [-0.2, 0) is 4.74 Å². The monoisotopic (exact) mass is 201 g/mol. The smallest absolute Gasteiger partial charge is 0.407 e. The van der Waals surface area contributed by atoms with Crippen LogP contribution in [0.15, 0.2) is 0 Å². The molecule has 0 spiro atoms. The lowest BCUT2D eigenvalue weighted by atomic mass is 10.2. The predicted molar refractivity (Wildman–Crippen MR) is 54.3 cm³/mol. The SMILES string of the molecule is CCOC(=O)NCCC1CNCCN1. The molecule has 1 saturated heterocycles. The molecule has 0 radical (unpaired) electrons. The molecule has 1 aliphatic heterocycles. The lowest BCUT2D eigenvalue weighted by molar-refractivity contribution is 0.151. The van der Waals surface area contributed by atoms with Gasteiger partial charge in [0.15, 0.2) is 0 Å². The number of carbonyl (C=O) groups is 1. The van der Waals surface area contributed by atoms with Gasteiger partial charge in [0.05, 0.1) is 6.61 Å². The number of hydrogen-bond donors (Lipinski definition) is 3. The molecular formula is C9H19N3O2. The summed E-state index contributed by atoms with van der Waals surface area (Å²) in [6, 6.07) is 0.464. The zero-order valence-electron chi connectivity index (χ0n) is 8.64. The van der Waals surface area contributed by atoms with Crippen LogP contribution in [0.4, 0.5) is 4.79 Å². The van der Waals surface area contributed by atoms with Gasteiger partial charge in [-0.2, -0.15) is 0 Å². The number of nitrogens with one attached hydrogen (secondary N) is 3. The van der Waals surface area contributed by atoms with Crippen molar-refractivity contribution in [2.75, 3.05) is 32.8 Å². The van der Waals surface area contributed by atoms with E-state index in [4.69, 9.17) is 4.74 Å². The van der Waals surface area contributed by atoms with Crippen molar-refractivity contribution in [3.63, 3.8) is 0 Å². The Labute approximate surface area is 84.6 Å². The first-order valence-corrected chi connectivity index (χ1v) is 5.17. The first-order chi connectivity index (χ1) is 6.83. The van der Waals surface area contributed by atoms with Crippen LogP contribution in [0.2, 0.25) is 0 Å². The van der Waals surface area contributed by atoms with Crippen LogP contribution in [0.1, 0.15) is 13.3 Å². The van der Waals surface area contributed by atoms with Gasteiger partial charge in [0, 0.05) is 32.2 Å². The van der Waals surface area contributed by atoms with E-state index in [0.29, 0.717) is 19.2 Å². The summed E-state index contributed by atoms with van der Waals surface area (Å²) in [6.07, 6.45) is 0.613. The number of ether oxygens (including phenoxy) is 1. The number of piperazine rings is 1. The summed E-state index contributed by atoms with van der Waals surface area (Å²) < 4.78 is 4.75. The van der Waals surface area contributed by atoms with Crippen LogP contribution in [0, 0.1) is 0 Å². The quantitative estimate of drug-likeness (QED) is 0.583. The fraction of sp³-hybridized carbons (Fsp3) is 0.889. The Hall–Kier alpha value is -0.810. The second kappa shape index (κ2) is 6.62. The molecule has 0 saturated carbocycles. The van der Waals surface area contributed by atoms with Crippen molar-refractivity contribution < 1.29 is 9.53 Å². The first kappa shape index (κ1) is 11.3. The molecule has 0 aromatic rings. The van der Waals surface area contributed by atoms with Crippen molar-refractivity contribution in [2.24, 2.45) is 0 Å². The molecule has 1 rings (SSSR count). The van der Waals surface area contributed by atoms with E-state index in [2.05, 4.69) is 16.0 Å². The third-order valence-corrected chi connectivity index (χ3v) is 2.16.